The summed E-state index contributed by atoms with van der Waals surface area (Å²) in [6.07, 6.45) is 3.93. The lowest BCUT2D eigenvalue weighted by Crippen LogP contribution is -1.70. The standard InChI is InChI=1S/C4H9Br2P/c1-2-3-4-7(5)6/h2-4H2,1H3. The SMILES string of the molecule is CCCCP(Br)Br. The van der Waals surface area contributed by atoms with Crippen molar-refractivity contribution < 1.29 is 0 Å². The van der Waals surface area contributed by atoms with Crippen LogP contribution in [0.4, 0.5) is 0 Å². The summed E-state index contributed by atoms with van der Waals surface area (Å²) in [5.74, 6) is 0. The zero-order valence-electron chi connectivity index (χ0n) is 4.32. The van der Waals surface area contributed by atoms with Crippen LogP contribution in [0.3, 0.4) is 0 Å². The van der Waals surface area contributed by atoms with Gasteiger partial charge in [0.1, 0.15) is 0 Å². The zero-order valence-corrected chi connectivity index (χ0v) is 8.39. The number of hydrogen-bond acceptors (Lipinski definition) is 0. The molecule has 0 saturated heterocycles. The monoisotopic (exact) mass is 246 g/mol. The second-order valence-electron chi connectivity index (χ2n) is 1.38. The Morgan fingerprint density at radius 2 is 2.00 bits per heavy atom. The number of halogens is 2. The fraction of sp³-hybridized carbons (Fsp3) is 1.00. The zero-order chi connectivity index (χ0) is 5.70. The van der Waals surface area contributed by atoms with Gasteiger partial charge in [-0.2, -0.15) is 0 Å². The van der Waals surface area contributed by atoms with Gasteiger partial charge in [-0.3, -0.25) is 0 Å². The van der Waals surface area contributed by atoms with Crippen LogP contribution in [0.2, 0.25) is 0 Å². The molecule has 0 atom stereocenters. The number of hydrogen-bond donors (Lipinski definition) is 0. The smallest absolute Gasteiger partial charge is 0.0346 e. The van der Waals surface area contributed by atoms with E-state index in [1.54, 1.807) is 0 Å². The maximum absolute atomic E-state index is 3.46. The summed E-state index contributed by atoms with van der Waals surface area (Å²) in [4.78, 5) is 0. The maximum Gasteiger partial charge on any atom is 0.0346 e. The van der Waals surface area contributed by atoms with Gasteiger partial charge in [-0.25, -0.2) is 0 Å². The molecule has 0 radical (unpaired) electrons. The molecule has 44 valence electrons. The van der Waals surface area contributed by atoms with Crippen LogP contribution in [-0.2, 0) is 0 Å². The summed E-state index contributed by atoms with van der Waals surface area (Å²) < 4.78 is 0. The van der Waals surface area contributed by atoms with Crippen LogP contribution in [0.5, 0.6) is 0 Å². The largest absolute Gasteiger partial charge is 0.0654 e. The van der Waals surface area contributed by atoms with Crippen LogP contribution < -0.4 is 0 Å². The van der Waals surface area contributed by atoms with Gasteiger partial charge < -0.3 is 0 Å². The van der Waals surface area contributed by atoms with Gasteiger partial charge in [-0.15, -0.1) is 0 Å². The first-order chi connectivity index (χ1) is 3.27. The Hall–Kier alpha value is 1.39. The van der Waals surface area contributed by atoms with Crippen LogP contribution >= 0.6 is 36.3 Å². The second-order valence-corrected chi connectivity index (χ2v) is 10.4. The van der Waals surface area contributed by atoms with Gasteiger partial charge in [0, 0.05) is 5.33 Å². The van der Waals surface area contributed by atoms with E-state index in [0.29, 0.717) is 0 Å². The Bertz CT molecular complexity index is 38.7. The minimum absolute atomic E-state index is 0.0186. The number of rotatable bonds is 3. The molecule has 0 amide bonds. The fourth-order valence-corrected chi connectivity index (χ4v) is 2.34. The molecule has 0 saturated carbocycles. The third kappa shape index (κ3) is 7.39. The summed E-state index contributed by atoms with van der Waals surface area (Å²) in [7, 11) is 0. The Morgan fingerprint density at radius 3 is 2.14 bits per heavy atom. The molecule has 0 heterocycles. The van der Waals surface area contributed by atoms with E-state index in [4.69, 9.17) is 0 Å². The molecule has 0 rings (SSSR count). The molecule has 0 aliphatic heterocycles. The molecule has 0 N–H and O–H groups in total. The summed E-state index contributed by atoms with van der Waals surface area (Å²) in [6.45, 7) is 2.21. The quantitative estimate of drug-likeness (QED) is 0.664. The Balaban J connectivity index is 2.68. The molecule has 0 nitrogen and oxygen atoms in total. The highest BCUT2D eigenvalue weighted by atomic mass is 79.9. The number of unbranched alkanes of at least 4 members (excludes halogenated alkanes) is 1. The molecule has 7 heavy (non-hydrogen) atoms. The first-order valence-electron chi connectivity index (χ1n) is 2.36. The molecule has 0 bridgehead atoms. The Kier molecular flexibility index (Phi) is 6.62. The van der Waals surface area contributed by atoms with Crippen LogP contribution in [0.1, 0.15) is 19.8 Å². The summed E-state index contributed by atoms with van der Waals surface area (Å²) in [5.41, 5.74) is 0. The lowest BCUT2D eigenvalue weighted by Gasteiger charge is -1.95. The molecule has 0 aromatic carbocycles. The predicted octanol–water partition coefficient (Wildman–Crippen LogP) is 3.89. The summed E-state index contributed by atoms with van der Waals surface area (Å²) >= 11 is 6.91. The molecule has 0 aliphatic carbocycles. The van der Waals surface area contributed by atoms with Gasteiger partial charge in [0.15, 0.2) is 0 Å². The van der Waals surface area contributed by atoms with Crippen molar-refractivity contribution in [1.82, 2.24) is 0 Å². The molecule has 0 unspecified atom stereocenters. The third-order valence-electron chi connectivity index (χ3n) is 0.681. The van der Waals surface area contributed by atoms with Gasteiger partial charge in [0.05, 0.1) is 0 Å². The van der Waals surface area contributed by atoms with E-state index < -0.39 is 0 Å². The van der Waals surface area contributed by atoms with Crippen LogP contribution in [0.15, 0.2) is 0 Å². The fourth-order valence-electron chi connectivity index (χ4n) is 0.278. The van der Waals surface area contributed by atoms with E-state index in [-0.39, 0.29) is 5.33 Å². The van der Waals surface area contributed by atoms with Crippen LogP contribution in [0, 0.1) is 0 Å². The van der Waals surface area contributed by atoms with Gasteiger partial charge in [-0.1, -0.05) is 13.3 Å². The van der Waals surface area contributed by atoms with E-state index in [1.165, 1.54) is 19.0 Å². The lowest BCUT2D eigenvalue weighted by atomic mass is 10.4. The van der Waals surface area contributed by atoms with Crippen molar-refractivity contribution in [3.8, 4) is 0 Å². The average molecular weight is 248 g/mol. The van der Waals surface area contributed by atoms with E-state index >= 15 is 0 Å². The minimum Gasteiger partial charge on any atom is -0.0654 e. The molecule has 0 fully saturated rings. The van der Waals surface area contributed by atoms with Crippen molar-refractivity contribution in [2.75, 3.05) is 6.16 Å². The Morgan fingerprint density at radius 1 is 1.43 bits per heavy atom. The van der Waals surface area contributed by atoms with Crippen molar-refractivity contribution in [2.24, 2.45) is 0 Å². The molecular formula is C4H9Br2P. The molecular weight excluding hydrogens is 239 g/mol. The summed E-state index contributed by atoms with van der Waals surface area (Å²) in [5, 5.41) is 0.0186. The van der Waals surface area contributed by atoms with E-state index in [2.05, 4.69) is 37.9 Å². The topological polar surface area (TPSA) is 0 Å². The third-order valence-corrected chi connectivity index (χ3v) is 3.46. The maximum atomic E-state index is 3.46. The normalized spacial score (nSPS) is 10.3. The van der Waals surface area contributed by atoms with Crippen molar-refractivity contribution in [3.05, 3.63) is 0 Å². The lowest BCUT2D eigenvalue weighted by molar-refractivity contribution is 0.896. The minimum atomic E-state index is 0.0186. The van der Waals surface area contributed by atoms with Crippen molar-refractivity contribution in [1.29, 1.82) is 0 Å². The van der Waals surface area contributed by atoms with Crippen molar-refractivity contribution in [3.63, 3.8) is 0 Å². The van der Waals surface area contributed by atoms with Crippen LogP contribution in [-0.4, -0.2) is 6.16 Å². The first kappa shape index (κ1) is 8.39. The molecule has 0 aliphatic rings. The average Bonchev–Trinajstić information content (AvgIpc) is 1.61. The Labute approximate surface area is 62.3 Å². The highest BCUT2D eigenvalue weighted by Gasteiger charge is 1.92. The van der Waals surface area contributed by atoms with Gasteiger partial charge in [-0.05, 0) is 43.6 Å². The van der Waals surface area contributed by atoms with Gasteiger partial charge in [0.2, 0.25) is 0 Å². The highest BCUT2D eigenvalue weighted by Crippen LogP contribution is 2.52. The molecule has 0 aromatic heterocycles. The first-order valence-corrected chi connectivity index (χ1v) is 7.93. The van der Waals surface area contributed by atoms with Crippen molar-refractivity contribution >= 4 is 36.3 Å². The predicted molar refractivity (Wildman–Crippen MR) is 44.5 cm³/mol. The van der Waals surface area contributed by atoms with Gasteiger partial charge >= 0.3 is 0 Å². The molecule has 3 heteroatoms. The van der Waals surface area contributed by atoms with E-state index in [9.17, 15) is 0 Å². The highest BCUT2D eigenvalue weighted by molar-refractivity contribution is 9.69. The molecule has 0 spiro atoms. The molecule has 0 aromatic rings. The van der Waals surface area contributed by atoms with E-state index in [0.717, 1.165) is 0 Å². The second kappa shape index (κ2) is 5.53. The van der Waals surface area contributed by atoms with Gasteiger partial charge in [0.25, 0.3) is 0 Å². The van der Waals surface area contributed by atoms with Crippen LogP contribution in [0.25, 0.3) is 0 Å². The van der Waals surface area contributed by atoms with E-state index in [1.807, 2.05) is 0 Å². The van der Waals surface area contributed by atoms with Crippen molar-refractivity contribution in [2.45, 2.75) is 19.8 Å². The summed E-state index contributed by atoms with van der Waals surface area (Å²) in [6, 6.07) is 0.